The molecule has 0 bridgehead atoms. The topological polar surface area (TPSA) is 8.17 Å². The lowest BCUT2D eigenvalue weighted by atomic mass is 9.72. The summed E-state index contributed by atoms with van der Waals surface area (Å²) in [7, 11) is 0. The molecule has 0 N–H and O–H groups in total. The lowest BCUT2D eigenvalue weighted by Gasteiger charge is -2.43. The highest BCUT2D eigenvalue weighted by molar-refractivity contribution is 6.16. The second-order valence-corrected chi connectivity index (χ2v) is 13.1. The van der Waals surface area contributed by atoms with Crippen molar-refractivity contribution in [3.63, 3.8) is 0 Å². The van der Waals surface area contributed by atoms with Crippen LogP contribution in [-0.2, 0) is 5.41 Å². The minimum atomic E-state index is -0.229. The normalized spacial score (nSPS) is 13.9. The van der Waals surface area contributed by atoms with E-state index in [4.69, 9.17) is 0 Å². The molecule has 0 saturated heterocycles. The van der Waals surface area contributed by atoms with Crippen LogP contribution in [0.2, 0.25) is 0 Å². The third-order valence-electron chi connectivity index (χ3n) is 10.2. The third kappa shape index (κ3) is 3.51. The van der Waals surface area contributed by atoms with Crippen molar-refractivity contribution in [3.8, 4) is 5.69 Å². The summed E-state index contributed by atoms with van der Waals surface area (Å²) in [6.07, 6.45) is 0. The molecule has 1 aromatic heterocycles. The number of benzene rings is 7. The van der Waals surface area contributed by atoms with E-state index in [2.05, 4.69) is 171 Å². The predicted octanol–water partition coefficient (Wildman–Crippen LogP) is 11.8. The second-order valence-electron chi connectivity index (χ2n) is 13.1. The lowest BCUT2D eigenvalue weighted by molar-refractivity contribution is 0.638. The predicted molar refractivity (Wildman–Crippen MR) is 192 cm³/mol. The Morgan fingerprint density at radius 3 is 1.67 bits per heavy atom. The van der Waals surface area contributed by atoms with Gasteiger partial charge in [-0.25, -0.2) is 0 Å². The van der Waals surface area contributed by atoms with Crippen LogP contribution in [0.25, 0.3) is 49.0 Å². The molecule has 0 radical (unpaired) electrons. The summed E-state index contributed by atoms with van der Waals surface area (Å²) >= 11 is 0. The first kappa shape index (κ1) is 26.1. The van der Waals surface area contributed by atoms with E-state index >= 15 is 0 Å². The summed E-state index contributed by atoms with van der Waals surface area (Å²) in [6, 6.07) is 49.5. The van der Waals surface area contributed by atoms with E-state index in [1.165, 1.54) is 88.4 Å². The van der Waals surface area contributed by atoms with Crippen LogP contribution in [0.5, 0.6) is 0 Å². The van der Waals surface area contributed by atoms with Crippen molar-refractivity contribution in [1.29, 1.82) is 0 Å². The van der Waals surface area contributed by atoms with Crippen molar-refractivity contribution in [2.75, 3.05) is 4.90 Å². The molecule has 2 heteroatoms. The average molecular weight is 579 g/mol. The number of nitrogens with zero attached hydrogens (tertiary/aromatic N) is 2. The van der Waals surface area contributed by atoms with Crippen molar-refractivity contribution in [3.05, 3.63) is 156 Å². The highest BCUT2D eigenvalue weighted by atomic mass is 15.2. The first-order chi connectivity index (χ1) is 21.9. The fraction of sp³-hybridized carbons (Fsp3) is 0.116. The van der Waals surface area contributed by atoms with Gasteiger partial charge in [-0.1, -0.05) is 111 Å². The second kappa shape index (κ2) is 9.33. The van der Waals surface area contributed by atoms with E-state index in [9.17, 15) is 0 Å². The van der Waals surface area contributed by atoms with Crippen molar-refractivity contribution in [1.82, 2.24) is 4.57 Å². The molecule has 9 rings (SSSR count). The van der Waals surface area contributed by atoms with Gasteiger partial charge in [-0.05, 0) is 83.3 Å². The summed E-state index contributed by atoms with van der Waals surface area (Å²) in [6.45, 7) is 9.22. The number of aryl methyl sites for hydroxylation is 2. The van der Waals surface area contributed by atoms with Crippen LogP contribution in [0.1, 0.15) is 36.1 Å². The maximum atomic E-state index is 2.52. The van der Waals surface area contributed by atoms with Gasteiger partial charge in [-0.2, -0.15) is 0 Å². The molecule has 0 amide bonds. The largest absolute Gasteiger partial charge is 0.309 e. The summed E-state index contributed by atoms with van der Waals surface area (Å²) in [5.41, 5.74) is 12.5. The number of anilines is 3. The van der Waals surface area contributed by atoms with Crippen molar-refractivity contribution in [2.24, 2.45) is 0 Å². The van der Waals surface area contributed by atoms with E-state index < -0.39 is 0 Å². The molecule has 0 atom stereocenters. The molecule has 2 heterocycles. The quantitative estimate of drug-likeness (QED) is 0.198. The molecule has 0 spiro atoms. The summed E-state index contributed by atoms with van der Waals surface area (Å²) in [5.74, 6) is 0. The van der Waals surface area contributed by atoms with E-state index in [0.29, 0.717) is 0 Å². The smallest absolute Gasteiger partial charge is 0.0545 e. The number of hydrogen-bond acceptors (Lipinski definition) is 1. The van der Waals surface area contributed by atoms with E-state index in [1.807, 2.05) is 0 Å². The number of para-hydroxylation sites is 2. The summed E-state index contributed by atoms with van der Waals surface area (Å²) in [4.78, 5) is 2.52. The molecule has 45 heavy (non-hydrogen) atoms. The molecular weight excluding hydrogens is 544 g/mol. The molecule has 0 saturated carbocycles. The molecular formula is C43H34N2. The minimum Gasteiger partial charge on any atom is -0.309 e. The first-order valence-electron chi connectivity index (χ1n) is 15.9. The Hall–Kier alpha value is -5.34. The number of hydrogen-bond donors (Lipinski definition) is 0. The molecule has 8 aromatic rings. The molecule has 216 valence electrons. The summed E-state index contributed by atoms with van der Waals surface area (Å²) in [5, 5.41) is 7.75. The number of aromatic nitrogens is 1. The molecule has 7 aromatic carbocycles. The Balaban J connectivity index is 1.44. The van der Waals surface area contributed by atoms with Gasteiger partial charge in [0.2, 0.25) is 0 Å². The Morgan fingerprint density at radius 1 is 0.422 bits per heavy atom. The van der Waals surface area contributed by atoms with Gasteiger partial charge in [0.25, 0.3) is 0 Å². The van der Waals surface area contributed by atoms with Gasteiger partial charge in [0.05, 0.1) is 33.8 Å². The average Bonchev–Trinajstić information content (AvgIpc) is 3.40. The van der Waals surface area contributed by atoms with Crippen LogP contribution in [0.4, 0.5) is 17.1 Å². The molecule has 0 aliphatic carbocycles. The molecule has 1 aliphatic rings. The maximum absolute atomic E-state index is 2.52. The first-order valence-corrected chi connectivity index (χ1v) is 15.9. The molecule has 0 fully saturated rings. The fourth-order valence-corrected chi connectivity index (χ4v) is 8.11. The van der Waals surface area contributed by atoms with Crippen molar-refractivity contribution < 1.29 is 0 Å². The Morgan fingerprint density at radius 2 is 0.956 bits per heavy atom. The Bertz CT molecular complexity index is 2490. The minimum absolute atomic E-state index is 0.229. The highest BCUT2D eigenvalue weighted by Gasteiger charge is 2.39. The summed E-state index contributed by atoms with van der Waals surface area (Å²) < 4.78 is 2.49. The standard InChI is InChI=1S/C43H34N2/c1-27-21-23-36(31-15-7-5-13-29(27)31)44-35-19-11-9-17-33(35)41-39(44)25-26-40-42(41)43(3,4)34-18-10-12-20-38(34)45(40)37-24-22-28(2)30-14-6-8-16-32(30)37/h5-26H,1-4H3. The molecule has 2 nitrogen and oxygen atoms in total. The van der Waals surface area contributed by atoms with Crippen LogP contribution in [0.15, 0.2) is 133 Å². The van der Waals surface area contributed by atoms with Crippen molar-refractivity contribution in [2.45, 2.75) is 33.1 Å². The van der Waals surface area contributed by atoms with Crippen LogP contribution in [-0.4, -0.2) is 4.57 Å². The third-order valence-corrected chi connectivity index (χ3v) is 10.2. The molecule has 0 unspecified atom stereocenters. The van der Waals surface area contributed by atoms with Crippen LogP contribution in [0, 0.1) is 13.8 Å². The zero-order chi connectivity index (χ0) is 30.4. The van der Waals surface area contributed by atoms with Crippen molar-refractivity contribution >= 4 is 60.4 Å². The van der Waals surface area contributed by atoms with Crippen LogP contribution >= 0.6 is 0 Å². The maximum Gasteiger partial charge on any atom is 0.0545 e. The number of fused-ring (bicyclic) bond motifs is 8. The van der Waals surface area contributed by atoms with E-state index in [-0.39, 0.29) is 5.41 Å². The zero-order valence-corrected chi connectivity index (χ0v) is 26.1. The van der Waals surface area contributed by atoms with Crippen LogP contribution < -0.4 is 4.90 Å². The highest BCUT2D eigenvalue weighted by Crippen LogP contribution is 2.56. The van der Waals surface area contributed by atoms with Gasteiger partial charge < -0.3 is 9.47 Å². The lowest BCUT2D eigenvalue weighted by Crippen LogP contribution is -2.31. The zero-order valence-electron chi connectivity index (χ0n) is 26.1. The Labute approximate surface area is 263 Å². The Kier molecular flexibility index (Phi) is 5.41. The van der Waals surface area contributed by atoms with Gasteiger partial charge in [-0.3, -0.25) is 0 Å². The van der Waals surface area contributed by atoms with Gasteiger partial charge in [0, 0.05) is 27.0 Å². The van der Waals surface area contributed by atoms with E-state index in [0.717, 1.165) is 0 Å². The van der Waals surface area contributed by atoms with Gasteiger partial charge in [-0.15, -0.1) is 0 Å². The van der Waals surface area contributed by atoms with E-state index in [1.54, 1.807) is 0 Å². The monoisotopic (exact) mass is 578 g/mol. The number of rotatable bonds is 2. The van der Waals surface area contributed by atoms with Gasteiger partial charge in [0.1, 0.15) is 0 Å². The SMILES string of the molecule is Cc1ccc(N2c3ccccc3C(C)(C)c3c2ccc2c3c3ccccc3n2-c2ccc(C)c3ccccc23)c2ccccc12. The molecule has 1 aliphatic heterocycles. The fourth-order valence-electron chi connectivity index (χ4n) is 8.11. The van der Waals surface area contributed by atoms with Gasteiger partial charge in [0.15, 0.2) is 0 Å². The van der Waals surface area contributed by atoms with Crippen LogP contribution in [0.3, 0.4) is 0 Å². The van der Waals surface area contributed by atoms with Gasteiger partial charge >= 0.3 is 0 Å².